The number of amides is 2. The minimum Gasteiger partial charge on any atom is -0.383 e. The van der Waals surface area contributed by atoms with Gasteiger partial charge in [-0.1, -0.05) is 60.7 Å². The molecule has 1 aliphatic rings. The topological polar surface area (TPSA) is 61.4 Å². The molecule has 3 rings (SSSR count). The van der Waals surface area contributed by atoms with Gasteiger partial charge in [0.25, 0.3) is 0 Å². The zero-order chi connectivity index (χ0) is 20.2. The highest BCUT2D eigenvalue weighted by molar-refractivity contribution is 5.74. The molecule has 3 N–H and O–H groups in total. The summed E-state index contributed by atoms with van der Waals surface area (Å²) in [5.74, 6) is -1.35. The molecule has 28 heavy (non-hydrogen) atoms. The van der Waals surface area contributed by atoms with Crippen LogP contribution in [0.4, 0.5) is 18.0 Å². The van der Waals surface area contributed by atoms with Crippen molar-refractivity contribution in [2.45, 2.75) is 37.1 Å². The average Bonchev–Trinajstić information content (AvgIpc) is 2.63. The Balaban J connectivity index is 1.60. The summed E-state index contributed by atoms with van der Waals surface area (Å²) in [5.41, 5.74) is 0.219. The largest absolute Gasteiger partial charge is 0.391 e. The van der Waals surface area contributed by atoms with E-state index < -0.39 is 29.8 Å². The first-order valence-electron chi connectivity index (χ1n) is 9.19. The Morgan fingerprint density at radius 2 is 1.57 bits per heavy atom. The van der Waals surface area contributed by atoms with Crippen LogP contribution in [0.5, 0.6) is 0 Å². The van der Waals surface area contributed by atoms with Gasteiger partial charge in [-0.3, -0.25) is 0 Å². The Morgan fingerprint density at radius 1 is 1.00 bits per heavy atom. The van der Waals surface area contributed by atoms with Gasteiger partial charge in [0.1, 0.15) is 5.60 Å². The third kappa shape index (κ3) is 5.04. The third-order valence-electron chi connectivity index (χ3n) is 5.13. The Bertz CT molecular complexity index is 777. The molecule has 2 amide bonds. The van der Waals surface area contributed by atoms with Crippen LogP contribution >= 0.6 is 0 Å². The fraction of sp³-hybridized carbons (Fsp3) is 0.381. The molecule has 1 aliphatic carbocycles. The second-order valence-electron chi connectivity index (χ2n) is 7.29. The Hall–Kier alpha value is -2.54. The lowest BCUT2D eigenvalue weighted by Crippen LogP contribution is -2.53. The summed E-state index contributed by atoms with van der Waals surface area (Å²) in [6.45, 7) is -0.0623. The molecule has 2 aromatic carbocycles. The molecule has 0 aliphatic heterocycles. The van der Waals surface area contributed by atoms with E-state index in [1.165, 1.54) is 0 Å². The van der Waals surface area contributed by atoms with E-state index in [0.717, 1.165) is 5.56 Å². The van der Waals surface area contributed by atoms with Gasteiger partial charge in [0.05, 0.1) is 12.5 Å². The Labute approximate surface area is 161 Å². The lowest BCUT2D eigenvalue weighted by molar-refractivity contribution is -0.198. The van der Waals surface area contributed by atoms with Crippen molar-refractivity contribution in [1.29, 1.82) is 0 Å². The minimum absolute atomic E-state index is 0.0623. The van der Waals surface area contributed by atoms with E-state index in [1.807, 2.05) is 36.4 Å². The van der Waals surface area contributed by atoms with E-state index in [4.69, 9.17) is 0 Å². The molecule has 1 fully saturated rings. The molecule has 2 aromatic rings. The molecule has 0 saturated heterocycles. The van der Waals surface area contributed by atoms with Gasteiger partial charge in [0.2, 0.25) is 0 Å². The second-order valence-corrected chi connectivity index (χ2v) is 7.29. The summed E-state index contributed by atoms with van der Waals surface area (Å²) in [5, 5.41) is 16.4. The van der Waals surface area contributed by atoms with E-state index in [1.54, 1.807) is 24.3 Å². The van der Waals surface area contributed by atoms with E-state index in [-0.39, 0.29) is 25.8 Å². The number of carbonyl (C=O) groups excluding carboxylic acids is 1. The summed E-state index contributed by atoms with van der Waals surface area (Å²) < 4.78 is 37.6. The molecule has 0 spiro atoms. The highest BCUT2D eigenvalue weighted by Gasteiger charge is 2.48. The third-order valence-corrected chi connectivity index (χ3v) is 5.13. The Morgan fingerprint density at radius 3 is 2.14 bits per heavy atom. The first kappa shape index (κ1) is 20.2. The van der Waals surface area contributed by atoms with Crippen LogP contribution in [-0.2, 0) is 12.0 Å². The maximum Gasteiger partial charge on any atom is 0.391 e. The summed E-state index contributed by atoms with van der Waals surface area (Å²) in [7, 11) is 0. The molecule has 0 aromatic heterocycles. The number of rotatable bonds is 6. The predicted molar refractivity (Wildman–Crippen MR) is 99.6 cm³/mol. The monoisotopic (exact) mass is 392 g/mol. The van der Waals surface area contributed by atoms with Crippen molar-refractivity contribution < 1.29 is 23.1 Å². The molecule has 1 atom stereocenters. The number of hydrogen-bond acceptors (Lipinski definition) is 2. The molecule has 1 unspecified atom stereocenters. The minimum atomic E-state index is -4.21. The van der Waals surface area contributed by atoms with Gasteiger partial charge in [-0.25, -0.2) is 4.79 Å². The van der Waals surface area contributed by atoms with Crippen LogP contribution in [0, 0.1) is 5.92 Å². The van der Waals surface area contributed by atoms with Gasteiger partial charge in [-0.05, 0) is 24.0 Å². The molecular formula is C21H23F3N2O2. The van der Waals surface area contributed by atoms with Gasteiger partial charge in [0, 0.05) is 12.5 Å². The molecule has 0 heterocycles. The van der Waals surface area contributed by atoms with Crippen molar-refractivity contribution in [2.75, 3.05) is 6.54 Å². The van der Waals surface area contributed by atoms with Crippen LogP contribution < -0.4 is 10.6 Å². The zero-order valence-corrected chi connectivity index (χ0v) is 15.2. The van der Waals surface area contributed by atoms with Crippen LogP contribution in [0.25, 0.3) is 0 Å². The number of halogens is 3. The molecule has 7 heteroatoms. The molecular weight excluding hydrogens is 369 g/mol. The second kappa shape index (κ2) is 8.22. The highest BCUT2D eigenvalue weighted by atomic mass is 19.4. The standard InChI is InChI=1S/C21H23F3N2O2/c22-21(23,24)17-11-18(12-17)26-19(27)25-14-20(28,16-9-5-2-6-10-16)13-15-7-3-1-4-8-15/h1-10,17-18,28H,11-14H2,(H2,25,26,27). The molecule has 1 saturated carbocycles. The van der Waals surface area contributed by atoms with Crippen molar-refractivity contribution >= 4 is 6.03 Å². The van der Waals surface area contributed by atoms with Crippen molar-refractivity contribution in [2.24, 2.45) is 5.92 Å². The van der Waals surface area contributed by atoms with E-state index in [9.17, 15) is 23.1 Å². The quantitative estimate of drug-likeness (QED) is 0.701. The number of hydrogen-bond donors (Lipinski definition) is 3. The van der Waals surface area contributed by atoms with Gasteiger partial charge >= 0.3 is 12.2 Å². The van der Waals surface area contributed by atoms with Gasteiger partial charge in [-0.15, -0.1) is 0 Å². The summed E-state index contributed by atoms with van der Waals surface area (Å²) >= 11 is 0. The van der Waals surface area contributed by atoms with Crippen LogP contribution in [0.15, 0.2) is 60.7 Å². The molecule has 4 nitrogen and oxygen atoms in total. The van der Waals surface area contributed by atoms with Crippen LogP contribution in [0.3, 0.4) is 0 Å². The number of aliphatic hydroxyl groups is 1. The SMILES string of the molecule is O=C(NCC(O)(Cc1ccccc1)c1ccccc1)NC1CC(C(F)(F)F)C1. The highest BCUT2D eigenvalue weighted by Crippen LogP contribution is 2.40. The van der Waals surface area contributed by atoms with E-state index in [0.29, 0.717) is 5.56 Å². The fourth-order valence-electron chi connectivity index (χ4n) is 3.41. The average molecular weight is 392 g/mol. The first-order valence-corrected chi connectivity index (χ1v) is 9.19. The summed E-state index contributed by atoms with van der Waals surface area (Å²) in [4.78, 5) is 12.1. The number of benzene rings is 2. The normalized spacial score (nSPS) is 21.3. The maximum atomic E-state index is 12.5. The number of nitrogens with one attached hydrogen (secondary N) is 2. The summed E-state index contributed by atoms with van der Waals surface area (Å²) in [6, 6.07) is 17.3. The van der Waals surface area contributed by atoms with Gasteiger partial charge in [-0.2, -0.15) is 13.2 Å². The predicted octanol–water partition coefficient (Wildman–Crippen LogP) is 3.76. The number of alkyl halides is 3. The van der Waals surface area contributed by atoms with Crippen LogP contribution in [0.2, 0.25) is 0 Å². The molecule has 0 bridgehead atoms. The Kier molecular flexibility index (Phi) is 5.93. The van der Waals surface area contributed by atoms with Crippen molar-refractivity contribution in [3.63, 3.8) is 0 Å². The van der Waals surface area contributed by atoms with Crippen molar-refractivity contribution in [1.82, 2.24) is 10.6 Å². The van der Waals surface area contributed by atoms with Crippen LogP contribution in [-0.4, -0.2) is 29.9 Å². The molecule has 0 radical (unpaired) electrons. The van der Waals surface area contributed by atoms with E-state index in [2.05, 4.69) is 10.6 Å². The van der Waals surface area contributed by atoms with Gasteiger partial charge < -0.3 is 15.7 Å². The van der Waals surface area contributed by atoms with Crippen molar-refractivity contribution in [3.8, 4) is 0 Å². The number of urea groups is 1. The first-order chi connectivity index (χ1) is 13.3. The zero-order valence-electron chi connectivity index (χ0n) is 15.2. The maximum absolute atomic E-state index is 12.5. The number of carbonyl (C=O) groups is 1. The summed E-state index contributed by atoms with van der Waals surface area (Å²) in [6.07, 6.45) is -4.14. The lowest BCUT2D eigenvalue weighted by Gasteiger charge is -2.37. The fourth-order valence-corrected chi connectivity index (χ4v) is 3.41. The van der Waals surface area contributed by atoms with Crippen molar-refractivity contribution in [3.05, 3.63) is 71.8 Å². The van der Waals surface area contributed by atoms with Gasteiger partial charge in [0.15, 0.2) is 0 Å². The van der Waals surface area contributed by atoms with Crippen LogP contribution in [0.1, 0.15) is 24.0 Å². The molecule has 150 valence electrons. The van der Waals surface area contributed by atoms with E-state index >= 15 is 0 Å². The smallest absolute Gasteiger partial charge is 0.383 e. The lowest BCUT2D eigenvalue weighted by atomic mass is 9.80.